The highest BCUT2D eigenvalue weighted by Crippen LogP contribution is 2.25. The van der Waals surface area contributed by atoms with E-state index in [-0.39, 0.29) is 25.2 Å². The van der Waals surface area contributed by atoms with Crippen LogP contribution in [0.5, 0.6) is 0 Å². The lowest BCUT2D eigenvalue weighted by molar-refractivity contribution is -0.142. The Morgan fingerprint density at radius 2 is 1.51 bits per heavy atom. The van der Waals surface area contributed by atoms with Gasteiger partial charge < -0.3 is 14.4 Å². The molecule has 0 heterocycles. The van der Waals surface area contributed by atoms with Crippen LogP contribution in [0.2, 0.25) is 5.02 Å². The van der Waals surface area contributed by atoms with Gasteiger partial charge in [0, 0.05) is 21.4 Å². The molecule has 0 aromatic heterocycles. The van der Waals surface area contributed by atoms with Gasteiger partial charge in [0.05, 0.1) is 18.7 Å². The first-order valence-electron chi connectivity index (χ1n) is 10.4. The lowest BCUT2D eigenvalue weighted by atomic mass is 10.1. The number of benzene rings is 3. The Hall–Kier alpha value is -0.640. The van der Waals surface area contributed by atoms with Gasteiger partial charge >= 0.3 is 11.9 Å². The zero-order valence-corrected chi connectivity index (χ0v) is 27.0. The number of carbonyl (C=O) groups is 2. The molecule has 0 aliphatic carbocycles. The van der Waals surface area contributed by atoms with Crippen LogP contribution in [-0.4, -0.2) is 38.2 Å². The van der Waals surface area contributed by atoms with Gasteiger partial charge in [0.2, 0.25) is 0 Å². The second-order valence-corrected chi connectivity index (χ2v) is 12.2. The third-order valence-corrected chi connectivity index (χ3v) is 8.35. The molecule has 0 saturated heterocycles. The van der Waals surface area contributed by atoms with E-state index in [1.54, 1.807) is 6.07 Å². The fourth-order valence-corrected chi connectivity index (χ4v) is 7.83. The van der Waals surface area contributed by atoms with Crippen molar-refractivity contribution in [2.24, 2.45) is 0 Å². The normalized spacial score (nSPS) is 11.6. The third-order valence-electron chi connectivity index (χ3n) is 4.88. The topological polar surface area (TPSA) is 55.8 Å². The first kappa shape index (κ1) is 28.9. The molecule has 1 atom stereocenters. The Labute approximate surface area is 258 Å². The van der Waals surface area contributed by atoms with Gasteiger partial charge in [-0.25, -0.2) is 4.79 Å². The molecule has 0 saturated carbocycles. The molecule has 184 valence electrons. The number of hydrogen-bond acceptors (Lipinski definition) is 5. The summed E-state index contributed by atoms with van der Waals surface area (Å²) in [5.41, 5.74) is 2.25. The van der Waals surface area contributed by atoms with Gasteiger partial charge in [0.15, 0.2) is 0 Å². The maximum absolute atomic E-state index is 12.7. The van der Waals surface area contributed by atoms with Crippen molar-refractivity contribution in [3.63, 3.8) is 0 Å². The van der Waals surface area contributed by atoms with E-state index in [0.717, 1.165) is 22.0 Å². The maximum atomic E-state index is 12.7. The molecule has 0 fully saturated rings. The van der Waals surface area contributed by atoms with Gasteiger partial charge in [0.1, 0.15) is 18.0 Å². The van der Waals surface area contributed by atoms with Crippen molar-refractivity contribution < 1.29 is 19.1 Å². The average Bonchev–Trinajstić information content (AvgIpc) is 2.82. The molecular formula is C25H20BrClI3NO4. The Bertz CT molecular complexity index is 1160. The van der Waals surface area contributed by atoms with Crippen molar-refractivity contribution in [3.8, 4) is 0 Å². The van der Waals surface area contributed by atoms with Crippen molar-refractivity contribution in [2.75, 3.05) is 31.2 Å². The van der Waals surface area contributed by atoms with Crippen molar-refractivity contribution in [1.29, 1.82) is 0 Å². The van der Waals surface area contributed by atoms with Gasteiger partial charge in [-0.05, 0) is 104 Å². The first-order chi connectivity index (χ1) is 16.8. The van der Waals surface area contributed by atoms with Gasteiger partial charge in [-0.15, -0.1) is 0 Å². The van der Waals surface area contributed by atoms with E-state index in [0.29, 0.717) is 23.7 Å². The SMILES string of the molecule is O=C(OCCN(CCOC(=O)C(Br)c1ccccc1)c1cccc(Cl)c1)c1c(I)cc(I)cc1I. The van der Waals surface area contributed by atoms with E-state index in [1.165, 1.54) is 0 Å². The average molecular weight is 895 g/mol. The zero-order valence-electron chi connectivity index (χ0n) is 18.2. The molecule has 0 N–H and O–H groups in total. The summed E-state index contributed by atoms with van der Waals surface area (Å²) >= 11 is 16.1. The van der Waals surface area contributed by atoms with E-state index in [2.05, 4.69) is 83.7 Å². The fraction of sp³-hybridized carbons (Fsp3) is 0.200. The monoisotopic (exact) mass is 893 g/mol. The molecule has 10 heteroatoms. The number of anilines is 1. The van der Waals surface area contributed by atoms with Crippen LogP contribution in [-0.2, 0) is 14.3 Å². The molecule has 1 unspecified atom stereocenters. The van der Waals surface area contributed by atoms with Gasteiger partial charge in [-0.1, -0.05) is 63.9 Å². The summed E-state index contributed by atoms with van der Waals surface area (Å²) in [5, 5.41) is 0.592. The summed E-state index contributed by atoms with van der Waals surface area (Å²) in [5.74, 6) is -0.728. The molecule has 5 nitrogen and oxygen atoms in total. The molecule has 0 aliphatic rings. The smallest absolute Gasteiger partial charge is 0.340 e. The summed E-state index contributed by atoms with van der Waals surface area (Å²) in [6.07, 6.45) is 0. The quantitative estimate of drug-likeness (QED) is 0.120. The molecule has 0 amide bonds. The summed E-state index contributed by atoms with van der Waals surface area (Å²) in [6.45, 7) is 1.16. The van der Waals surface area contributed by atoms with E-state index >= 15 is 0 Å². The van der Waals surface area contributed by atoms with Crippen molar-refractivity contribution >= 4 is 113 Å². The molecule has 0 radical (unpaired) electrons. The molecule has 0 aliphatic heterocycles. The minimum atomic E-state index is -0.539. The molecule has 0 spiro atoms. The minimum absolute atomic E-state index is 0.168. The molecular weight excluding hydrogens is 874 g/mol. The van der Waals surface area contributed by atoms with Gasteiger partial charge in [0.25, 0.3) is 0 Å². The number of rotatable bonds is 10. The van der Waals surface area contributed by atoms with Crippen molar-refractivity contribution in [3.05, 3.63) is 93.6 Å². The predicted molar refractivity (Wildman–Crippen MR) is 168 cm³/mol. The summed E-state index contributed by atoms with van der Waals surface area (Å²) < 4.78 is 13.9. The largest absolute Gasteiger partial charge is 0.463 e. The number of carbonyl (C=O) groups excluding carboxylic acids is 2. The number of alkyl halides is 1. The predicted octanol–water partition coefficient (Wildman–Crippen LogP) is 7.50. The van der Waals surface area contributed by atoms with Gasteiger partial charge in [-0.3, -0.25) is 4.79 Å². The van der Waals surface area contributed by atoms with Crippen LogP contribution in [0.4, 0.5) is 5.69 Å². The van der Waals surface area contributed by atoms with Crippen molar-refractivity contribution in [1.82, 2.24) is 0 Å². The minimum Gasteiger partial charge on any atom is -0.463 e. The van der Waals surface area contributed by atoms with E-state index in [1.807, 2.05) is 65.6 Å². The Morgan fingerprint density at radius 3 is 2.14 bits per heavy atom. The van der Waals surface area contributed by atoms with Crippen LogP contribution >= 0.6 is 95.3 Å². The zero-order chi connectivity index (χ0) is 25.4. The second kappa shape index (κ2) is 14.3. The second-order valence-electron chi connectivity index (χ2n) is 7.29. The van der Waals surface area contributed by atoms with E-state index in [4.69, 9.17) is 21.1 Å². The summed E-state index contributed by atoms with van der Waals surface area (Å²) in [6, 6.07) is 20.6. The molecule has 0 bridgehead atoms. The number of hydrogen-bond donors (Lipinski definition) is 0. The van der Waals surface area contributed by atoms with Crippen LogP contribution in [0.1, 0.15) is 20.7 Å². The van der Waals surface area contributed by atoms with Crippen LogP contribution in [0.25, 0.3) is 0 Å². The number of halogens is 5. The molecule has 3 aromatic carbocycles. The fourth-order valence-electron chi connectivity index (χ4n) is 3.19. The molecule has 3 rings (SSSR count). The highest BCUT2D eigenvalue weighted by molar-refractivity contribution is 14.1. The highest BCUT2D eigenvalue weighted by Gasteiger charge is 2.20. The van der Waals surface area contributed by atoms with Crippen LogP contribution in [0.15, 0.2) is 66.7 Å². The number of esters is 2. The lowest BCUT2D eigenvalue weighted by Gasteiger charge is -2.25. The number of nitrogens with zero attached hydrogens (tertiary/aromatic N) is 1. The Morgan fingerprint density at radius 1 is 0.886 bits per heavy atom. The summed E-state index contributed by atoms with van der Waals surface area (Å²) in [7, 11) is 0. The molecule has 35 heavy (non-hydrogen) atoms. The highest BCUT2D eigenvalue weighted by atomic mass is 127. The van der Waals surface area contributed by atoms with Crippen LogP contribution in [0, 0.1) is 10.7 Å². The summed E-state index contributed by atoms with van der Waals surface area (Å²) in [4.78, 5) is 26.7. The Kier molecular flexibility index (Phi) is 11.8. The van der Waals surface area contributed by atoms with Crippen LogP contribution < -0.4 is 4.90 Å². The first-order valence-corrected chi connectivity index (χ1v) is 15.0. The van der Waals surface area contributed by atoms with E-state index in [9.17, 15) is 9.59 Å². The van der Waals surface area contributed by atoms with Crippen molar-refractivity contribution in [2.45, 2.75) is 4.83 Å². The van der Waals surface area contributed by atoms with Gasteiger partial charge in [-0.2, -0.15) is 0 Å². The number of ether oxygens (including phenoxy) is 2. The van der Waals surface area contributed by atoms with E-state index < -0.39 is 4.83 Å². The third kappa shape index (κ3) is 8.71. The lowest BCUT2D eigenvalue weighted by Crippen LogP contribution is -2.32. The van der Waals surface area contributed by atoms with Crippen LogP contribution in [0.3, 0.4) is 0 Å². The maximum Gasteiger partial charge on any atom is 0.340 e. The molecule has 3 aromatic rings. The standard InChI is InChI=1S/C25H20BrClI3NO4/c26-23(16-5-2-1-3-6-16)25(33)35-12-10-31(19-8-4-7-17(27)13-19)9-11-34-24(32)22-20(29)14-18(28)15-21(22)30/h1-8,13-15,23H,9-12H2. The Balaban J connectivity index is 1.60.